The predicted octanol–water partition coefficient (Wildman–Crippen LogP) is 3.68. The quantitative estimate of drug-likeness (QED) is 0.297. The molecule has 0 bridgehead atoms. The molecule has 2 atom stereocenters. The molecule has 0 saturated carbocycles. The highest BCUT2D eigenvalue weighted by atomic mass is 16.5. The zero-order valence-electron chi connectivity index (χ0n) is 21.5. The number of ether oxygens (including phenoxy) is 2. The lowest BCUT2D eigenvalue weighted by atomic mass is 9.92. The number of fused-ring (bicyclic) bond motifs is 1. The number of carbonyl (C=O) groups is 2. The number of aromatic nitrogens is 3. The minimum absolute atomic E-state index is 0.124. The van der Waals surface area contributed by atoms with E-state index in [1.54, 1.807) is 11.6 Å². The molecule has 0 spiro atoms. The summed E-state index contributed by atoms with van der Waals surface area (Å²) in [5.74, 6) is -0.382. The topological polar surface area (TPSA) is 130 Å². The molecule has 11 nitrogen and oxygen atoms in total. The van der Waals surface area contributed by atoms with Crippen molar-refractivity contribution in [3.8, 4) is 5.75 Å². The number of nitrogens with zero attached hydrogens (tertiary/aromatic N) is 4. The van der Waals surface area contributed by atoms with Gasteiger partial charge in [0.2, 0.25) is 0 Å². The van der Waals surface area contributed by atoms with Crippen molar-refractivity contribution in [1.29, 1.82) is 0 Å². The number of aliphatic carboxylic acids is 1. The number of methoxy groups -OCH3 is 1. The Bertz CT molecular complexity index is 1440. The van der Waals surface area contributed by atoms with Crippen molar-refractivity contribution in [2.45, 2.75) is 25.6 Å². The van der Waals surface area contributed by atoms with Gasteiger partial charge < -0.3 is 25.2 Å². The van der Waals surface area contributed by atoms with Crippen LogP contribution in [0.3, 0.4) is 0 Å². The van der Waals surface area contributed by atoms with E-state index in [4.69, 9.17) is 9.47 Å². The average molecular weight is 531 g/mol. The Labute approximate surface area is 225 Å². The number of benzene rings is 2. The van der Waals surface area contributed by atoms with Gasteiger partial charge in [0, 0.05) is 43.6 Å². The summed E-state index contributed by atoms with van der Waals surface area (Å²) in [4.78, 5) is 31.1. The maximum absolute atomic E-state index is 12.4. The number of carbonyl (C=O) groups excluding carboxylic acids is 1. The molecule has 0 unspecified atom stereocenters. The Morgan fingerprint density at radius 1 is 1.13 bits per heavy atom. The van der Waals surface area contributed by atoms with E-state index in [2.05, 4.69) is 25.6 Å². The van der Waals surface area contributed by atoms with Crippen LogP contribution in [0.4, 0.5) is 16.3 Å². The smallest absolute Gasteiger partial charge is 0.407 e. The Balaban J connectivity index is 1.25. The van der Waals surface area contributed by atoms with Gasteiger partial charge in [-0.1, -0.05) is 36.4 Å². The first kappa shape index (κ1) is 26.0. The van der Waals surface area contributed by atoms with Crippen LogP contribution in [0.2, 0.25) is 0 Å². The highest BCUT2D eigenvalue weighted by Crippen LogP contribution is 2.27. The number of rotatable bonds is 9. The molecule has 3 N–H and O–H groups in total. The maximum atomic E-state index is 12.4. The zero-order valence-corrected chi connectivity index (χ0v) is 21.5. The van der Waals surface area contributed by atoms with Gasteiger partial charge in [0.25, 0.3) is 0 Å². The van der Waals surface area contributed by atoms with E-state index in [-0.39, 0.29) is 13.2 Å². The Morgan fingerprint density at radius 2 is 1.97 bits per heavy atom. The molecule has 1 aliphatic heterocycles. The lowest BCUT2D eigenvalue weighted by molar-refractivity contribution is -0.144. The van der Waals surface area contributed by atoms with Crippen LogP contribution in [0.25, 0.3) is 5.52 Å². The summed E-state index contributed by atoms with van der Waals surface area (Å²) < 4.78 is 12.4. The molecule has 3 heterocycles. The monoisotopic (exact) mass is 530 g/mol. The predicted molar refractivity (Wildman–Crippen MR) is 144 cm³/mol. The molecule has 5 rings (SSSR count). The van der Waals surface area contributed by atoms with Crippen LogP contribution in [0.5, 0.6) is 5.75 Å². The molecule has 1 amide bonds. The van der Waals surface area contributed by atoms with Crippen molar-refractivity contribution in [2.24, 2.45) is 5.92 Å². The second kappa shape index (κ2) is 11.8. The van der Waals surface area contributed by atoms with Gasteiger partial charge in [-0.2, -0.15) is 5.10 Å². The van der Waals surface area contributed by atoms with Gasteiger partial charge in [-0.05, 0) is 35.7 Å². The summed E-state index contributed by atoms with van der Waals surface area (Å²) in [5, 5.41) is 20.4. The molecule has 0 aliphatic carbocycles. The minimum atomic E-state index is -0.960. The van der Waals surface area contributed by atoms with E-state index in [1.165, 1.54) is 6.33 Å². The molecule has 11 heteroatoms. The van der Waals surface area contributed by atoms with Gasteiger partial charge in [0.15, 0.2) is 5.82 Å². The van der Waals surface area contributed by atoms with E-state index < -0.39 is 24.0 Å². The van der Waals surface area contributed by atoms with E-state index in [0.29, 0.717) is 25.3 Å². The Morgan fingerprint density at radius 3 is 2.77 bits per heavy atom. The first-order valence-corrected chi connectivity index (χ1v) is 12.6. The molecule has 1 saturated heterocycles. The number of piperidine rings is 1. The van der Waals surface area contributed by atoms with Crippen molar-refractivity contribution >= 4 is 29.1 Å². The lowest BCUT2D eigenvalue weighted by Gasteiger charge is -2.36. The van der Waals surface area contributed by atoms with Crippen LogP contribution >= 0.6 is 0 Å². The summed E-state index contributed by atoms with van der Waals surface area (Å²) in [6.07, 6.45) is 3.20. The second-order valence-electron chi connectivity index (χ2n) is 9.38. The number of amides is 1. The van der Waals surface area contributed by atoms with Crippen LogP contribution in [-0.4, -0.2) is 62.9 Å². The van der Waals surface area contributed by atoms with E-state index >= 15 is 0 Å². The van der Waals surface area contributed by atoms with Crippen LogP contribution in [0.1, 0.15) is 17.5 Å². The first-order chi connectivity index (χ1) is 19.0. The van der Waals surface area contributed by atoms with Crippen molar-refractivity contribution in [3.63, 3.8) is 0 Å². The minimum Gasteiger partial charge on any atom is -0.497 e. The third-order valence-electron chi connectivity index (χ3n) is 6.79. The Hall–Kier alpha value is -4.64. The molecule has 39 heavy (non-hydrogen) atoms. The summed E-state index contributed by atoms with van der Waals surface area (Å²) in [6.45, 7) is 1.52. The zero-order chi connectivity index (χ0) is 27.2. The third-order valence-corrected chi connectivity index (χ3v) is 6.79. The molecular formula is C28H30N6O5. The number of hydrogen-bond donors (Lipinski definition) is 3. The van der Waals surface area contributed by atoms with Crippen LogP contribution < -0.4 is 15.4 Å². The second-order valence-corrected chi connectivity index (χ2v) is 9.38. The molecule has 0 radical (unpaired) electrons. The summed E-state index contributed by atoms with van der Waals surface area (Å²) in [5.41, 5.74) is 3.44. The van der Waals surface area contributed by atoms with Gasteiger partial charge >= 0.3 is 12.1 Å². The fraction of sp³-hybridized carbons (Fsp3) is 0.286. The number of nitrogens with one attached hydrogen (secondary N) is 2. The van der Waals surface area contributed by atoms with Crippen LogP contribution in [-0.2, 0) is 22.7 Å². The van der Waals surface area contributed by atoms with E-state index in [0.717, 1.165) is 28.1 Å². The normalized spacial score (nSPS) is 17.5. The van der Waals surface area contributed by atoms with Crippen LogP contribution in [0.15, 0.2) is 73.2 Å². The number of likely N-dealkylation sites (tertiary alicyclic amines) is 1. The molecule has 4 aromatic rings. The van der Waals surface area contributed by atoms with Gasteiger partial charge in [0.05, 0.1) is 13.0 Å². The maximum Gasteiger partial charge on any atom is 0.407 e. The fourth-order valence-electron chi connectivity index (χ4n) is 4.82. The highest BCUT2D eigenvalue weighted by Gasteiger charge is 2.36. The standard InChI is InChI=1S/C28H30N6O5/c1-38-22-9-5-8-21(14-22)31-26-25-20(10-13-34(25)30-18-29-26)15-33-12-11-24(23(16-33)27(35)36)32-28(37)39-17-19-6-3-2-4-7-19/h2-10,13-14,18,23-24H,11-12,15-17H2,1H3,(H,32,37)(H,35,36)(H,29,30,31)/t23-,24+/m0/s1. The van der Waals surface area contributed by atoms with Gasteiger partial charge in [-0.15, -0.1) is 0 Å². The van der Waals surface area contributed by atoms with Crippen molar-refractivity contribution in [1.82, 2.24) is 24.8 Å². The van der Waals surface area contributed by atoms with Gasteiger partial charge in [-0.3, -0.25) is 9.69 Å². The molecule has 2 aromatic carbocycles. The molecular weight excluding hydrogens is 500 g/mol. The number of alkyl carbamates (subject to hydrolysis) is 1. The first-order valence-electron chi connectivity index (χ1n) is 12.6. The van der Waals surface area contributed by atoms with Crippen molar-refractivity contribution in [3.05, 3.63) is 84.3 Å². The lowest BCUT2D eigenvalue weighted by Crippen LogP contribution is -2.53. The average Bonchev–Trinajstić information content (AvgIpc) is 3.37. The Kier molecular flexibility index (Phi) is 7.88. The number of carboxylic acids is 1. The summed E-state index contributed by atoms with van der Waals surface area (Å²) in [6, 6.07) is 18.3. The largest absolute Gasteiger partial charge is 0.497 e. The summed E-state index contributed by atoms with van der Waals surface area (Å²) >= 11 is 0. The SMILES string of the molecule is COc1cccc(Nc2ncnn3ccc(CN4CC[C@@H](NC(=O)OCc5ccccc5)[C@@H](C(=O)O)C4)c23)c1. The van der Waals surface area contributed by atoms with Crippen molar-refractivity contribution in [2.75, 3.05) is 25.5 Å². The number of carboxylic acid groups (broad SMARTS) is 1. The molecule has 1 fully saturated rings. The van der Waals surface area contributed by atoms with E-state index in [1.807, 2.05) is 66.9 Å². The van der Waals surface area contributed by atoms with Crippen LogP contribution in [0, 0.1) is 5.92 Å². The molecule has 202 valence electrons. The number of anilines is 2. The number of hydrogen-bond acceptors (Lipinski definition) is 8. The summed E-state index contributed by atoms with van der Waals surface area (Å²) in [7, 11) is 1.61. The van der Waals surface area contributed by atoms with Crippen molar-refractivity contribution < 1.29 is 24.2 Å². The van der Waals surface area contributed by atoms with Gasteiger partial charge in [0.1, 0.15) is 24.2 Å². The third kappa shape index (κ3) is 6.27. The fourth-order valence-corrected chi connectivity index (χ4v) is 4.82. The molecule has 2 aromatic heterocycles. The van der Waals surface area contributed by atoms with Gasteiger partial charge in [-0.25, -0.2) is 14.3 Å². The van der Waals surface area contributed by atoms with E-state index in [9.17, 15) is 14.7 Å². The highest BCUT2D eigenvalue weighted by molar-refractivity contribution is 5.77. The molecule has 1 aliphatic rings.